The van der Waals surface area contributed by atoms with Gasteiger partial charge in [0.2, 0.25) is 0 Å². The van der Waals surface area contributed by atoms with E-state index in [1.54, 1.807) is 0 Å². The second-order valence-electron chi connectivity index (χ2n) is 7.62. The highest BCUT2D eigenvalue weighted by Crippen LogP contribution is 2.21. The Morgan fingerprint density at radius 1 is 0.848 bits per heavy atom. The standard InChI is InChI=1S/C27H22F4O2/c1-3-4-5-6-19-13-25(30)22(26(31)14-19)12-9-18-7-10-20(11-8-18)27(32)33-21-15-23(28)17(2)24(29)16-21/h7-8,10-11,13-16H,3-6H2,1-2H3. The maximum absolute atomic E-state index is 14.3. The Bertz CT molecular complexity index is 1180. The van der Waals surface area contributed by atoms with Crippen molar-refractivity contribution in [2.45, 2.75) is 39.5 Å². The zero-order chi connectivity index (χ0) is 24.0. The topological polar surface area (TPSA) is 26.3 Å². The van der Waals surface area contributed by atoms with Gasteiger partial charge in [-0.05, 0) is 61.7 Å². The molecular weight excluding hydrogens is 432 g/mol. The highest BCUT2D eigenvalue weighted by molar-refractivity contribution is 5.91. The summed E-state index contributed by atoms with van der Waals surface area (Å²) in [4.78, 5) is 12.2. The van der Waals surface area contributed by atoms with Gasteiger partial charge in [-0.3, -0.25) is 0 Å². The van der Waals surface area contributed by atoms with E-state index in [0.717, 1.165) is 31.4 Å². The van der Waals surface area contributed by atoms with Gasteiger partial charge in [-0.2, -0.15) is 0 Å². The summed E-state index contributed by atoms with van der Waals surface area (Å²) in [6.07, 6.45) is 3.49. The molecule has 0 aromatic heterocycles. The van der Waals surface area contributed by atoms with Crippen molar-refractivity contribution in [3.8, 4) is 17.6 Å². The molecule has 6 heteroatoms. The van der Waals surface area contributed by atoms with Crippen LogP contribution in [0.2, 0.25) is 0 Å². The number of benzene rings is 3. The third-order valence-electron chi connectivity index (χ3n) is 5.09. The van der Waals surface area contributed by atoms with E-state index in [2.05, 4.69) is 18.8 Å². The van der Waals surface area contributed by atoms with Gasteiger partial charge in [-0.1, -0.05) is 31.6 Å². The van der Waals surface area contributed by atoms with E-state index < -0.39 is 29.2 Å². The number of rotatable bonds is 6. The maximum atomic E-state index is 14.3. The molecule has 0 radical (unpaired) electrons. The summed E-state index contributed by atoms with van der Waals surface area (Å²) in [6, 6.07) is 10.2. The average Bonchev–Trinajstić information content (AvgIpc) is 2.77. The molecule has 0 unspecified atom stereocenters. The molecule has 0 fully saturated rings. The van der Waals surface area contributed by atoms with Crippen molar-refractivity contribution in [2.24, 2.45) is 0 Å². The molecule has 0 aliphatic heterocycles. The zero-order valence-corrected chi connectivity index (χ0v) is 18.3. The van der Waals surface area contributed by atoms with E-state index >= 15 is 0 Å². The Hall–Kier alpha value is -3.59. The quantitative estimate of drug-likeness (QED) is 0.133. The molecule has 3 aromatic rings. The minimum Gasteiger partial charge on any atom is -0.423 e. The van der Waals surface area contributed by atoms with Crippen LogP contribution in [0, 0.1) is 42.0 Å². The van der Waals surface area contributed by atoms with Crippen LogP contribution in [-0.2, 0) is 6.42 Å². The fourth-order valence-corrected chi connectivity index (χ4v) is 3.14. The third kappa shape index (κ3) is 6.23. The monoisotopic (exact) mass is 454 g/mol. The summed E-state index contributed by atoms with van der Waals surface area (Å²) in [5.74, 6) is 1.02. The molecule has 3 aromatic carbocycles. The highest BCUT2D eigenvalue weighted by atomic mass is 19.1. The van der Waals surface area contributed by atoms with Gasteiger partial charge >= 0.3 is 5.97 Å². The van der Waals surface area contributed by atoms with Gasteiger partial charge in [0.05, 0.1) is 11.1 Å². The Kier molecular flexibility index (Phi) is 7.89. The lowest BCUT2D eigenvalue weighted by molar-refractivity contribution is 0.0734. The summed E-state index contributed by atoms with van der Waals surface area (Å²) in [7, 11) is 0. The largest absolute Gasteiger partial charge is 0.423 e. The predicted octanol–water partition coefficient (Wildman–Crippen LogP) is 6.90. The average molecular weight is 454 g/mol. The normalized spacial score (nSPS) is 10.5. The van der Waals surface area contributed by atoms with Crippen molar-refractivity contribution in [2.75, 3.05) is 0 Å². The first-order valence-electron chi connectivity index (χ1n) is 10.6. The second kappa shape index (κ2) is 10.8. The van der Waals surface area contributed by atoms with Crippen LogP contribution in [-0.4, -0.2) is 5.97 Å². The van der Waals surface area contributed by atoms with E-state index in [0.29, 0.717) is 17.5 Å². The molecule has 0 amide bonds. The molecule has 0 atom stereocenters. The number of hydrogen-bond acceptors (Lipinski definition) is 2. The van der Waals surface area contributed by atoms with Gasteiger partial charge in [0.15, 0.2) is 0 Å². The summed E-state index contributed by atoms with van der Waals surface area (Å²) < 4.78 is 60.9. The molecule has 0 saturated carbocycles. The van der Waals surface area contributed by atoms with Crippen LogP contribution in [0.25, 0.3) is 0 Å². The number of hydrogen-bond donors (Lipinski definition) is 0. The number of ether oxygens (including phenoxy) is 1. The molecule has 3 rings (SSSR count). The SMILES string of the molecule is CCCCCc1cc(F)c(C#Cc2ccc(C(=O)Oc3cc(F)c(C)c(F)c3)cc2)c(F)c1. The summed E-state index contributed by atoms with van der Waals surface area (Å²) in [5, 5.41) is 0. The van der Waals surface area contributed by atoms with Gasteiger partial charge in [0, 0.05) is 23.3 Å². The van der Waals surface area contributed by atoms with Crippen LogP contribution in [0.3, 0.4) is 0 Å². The van der Waals surface area contributed by atoms with Gasteiger partial charge in [-0.25, -0.2) is 22.4 Å². The number of carbonyl (C=O) groups excluding carboxylic acids is 1. The van der Waals surface area contributed by atoms with Crippen molar-refractivity contribution in [3.05, 3.63) is 99.6 Å². The van der Waals surface area contributed by atoms with Crippen molar-refractivity contribution in [3.63, 3.8) is 0 Å². The predicted molar refractivity (Wildman–Crippen MR) is 118 cm³/mol. The number of aryl methyl sites for hydroxylation is 1. The lowest BCUT2D eigenvalue weighted by Gasteiger charge is -2.06. The van der Waals surface area contributed by atoms with E-state index in [1.807, 2.05) is 0 Å². The van der Waals surface area contributed by atoms with E-state index in [9.17, 15) is 22.4 Å². The fraction of sp³-hybridized carbons (Fsp3) is 0.222. The Morgan fingerprint density at radius 2 is 1.45 bits per heavy atom. The first-order chi connectivity index (χ1) is 15.8. The van der Waals surface area contributed by atoms with Gasteiger partial charge in [-0.15, -0.1) is 0 Å². The first-order valence-corrected chi connectivity index (χ1v) is 10.6. The van der Waals surface area contributed by atoms with Crippen LogP contribution < -0.4 is 4.74 Å². The molecule has 0 heterocycles. The number of halogens is 4. The fourth-order valence-electron chi connectivity index (χ4n) is 3.14. The molecule has 0 aliphatic rings. The second-order valence-corrected chi connectivity index (χ2v) is 7.62. The van der Waals surface area contributed by atoms with Gasteiger partial charge < -0.3 is 4.74 Å². The van der Waals surface area contributed by atoms with Crippen LogP contribution in [0.4, 0.5) is 17.6 Å². The zero-order valence-electron chi connectivity index (χ0n) is 18.3. The lowest BCUT2D eigenvalue weighted by Crippen LogP contribution is -2.09. The summed E-state index contributed by atoms with van der Waals surface area (Å²) >= 11 is 0. The van der Waals surface area contributed by atoms with Crippen LogP contribution in [0.15, 0.2) is 48.5 Å². The number of unbranched alkanes of at least 4 members (excludes halogenated alkanes) is 2. The maximum Gasteiger partial charge on any atom is 0.343 e. The molecule has 0 saturated heterocycles. The molecule has 170 valence electrons. The molecule has 0 bridgehead atoms. The number of esters is 1. The smallest absolute Gasteiger partial charge is 0.343 e. The molecule has 33 heavy (non-hydrogen) atoms. The summed E-state index contributed by atoms with van der Waals surface area (Å²) in [5.41, 5.74) is 0.652. The van der Waals surface area contributed by atoms with E-state index in [4.69, 9.17) is 4.74 Å². The molecule has 2 nitrogen and oxygen atoms in total. The molecule has 0 spiro atoms. The Balaban J connectivity index is 1.71. The third-order valence-corrected chi connectivity index (χ3v) is 5.09. The van der Waals surface area contributed by atoms with Crippen molar-refractivity contribution in [1.82, 2.24) is 0 Å². The minimum atomic E-state index is -0.822. The minimum absolute atomic E-state index is 0.121. The molecular formula is C27H22F4O2. The van der Waals surface area contributed by atoms with E-state index in [1.165, 1.54) is 43.3 Å². The van der Waals surface area contributed by atoms with Crippen molar-refractivity contribution in [1.29, 1.82) is 0 Å². The van der Waals surface area contributed by atoms with Crippen LogP contribution >= 0.6 is 0 Å². The van der Waals surface area contributed by atoms with Gasteiger partial charge in [0.1, 0.15) is 29.0 Å². The van der Waals surface area contributed by atoms with E-state index in [-0.39, 0.29) is 22.4 Å². The van der Waals surface area contributed by atoms with Crippen molar-refractivity contribution >= 4 is 5.97 Å². The lowest BCUT2D eigenvalue weighted by atomic mass is 10.0. The molecule has 0 N–H and O–H groups in total. The number of carbonyl (C=O) groups is 1. The Morgan fingerprint density at radius 3 is 2.03 bits per heavy atom. The summed E-state index contributed by atoms with van der Waals surface area (Å²) in [6.45, 7) is 3.33. The molecule has 0 aliphatic carbocycles. The van der Waals surface area contributed by atoms with Crippen LogP contribution in [0.1, 0.15) is 58.8 Å². The Labute approximate surface area is 190 Å². The highest BCUT2D eigenvalue weighted by Gasteiger charge is 2.13. The first kappa shape index (κ1) is 24.1. The van der Waals surface area contributed by atoms with Gasteiger partial charge in [0.25, 0.3) is 0 Å². The van der Waals surface area contributed by atoms with Crippen LogP contribution in [0.5, 0.6) is 5.75 Å². The van der Waals surface area contributed by atoms with Crippen molar-refractivity contribution < 1.29 is 27.1 Å².